The van der Waals surface area contributed by atoms with E-state index < -0.39 is 6.10 Å². The summed E-state index contributed by atoms with van der Waals surface area (Å²) in [7, 11) is 0. The van der Waals surface area contributed by atoms with Gasteiger partial charge in [0.15, 0.2) is 0 Å². The summed E-state index contributed by atoms with van der Waals surface area (Å²) in [5.41, 5.74) is 0.307. The maximum atomic E-state index is 9.19. The molecule has 1 aliphatic carbocycles. The zero-order chi connectivity index (χ0) is 8.48. The number of hydrogen-bond acceptors (Lipinski definition) is 2. The van der Waals surface area contributed by atoms with Gasteiger partial charge in [-0.3, -0.25) is 0 Å². The molecule has 0 aromatic carbocycles. The van der Waals surface area contributed by atoms with Crippen LogP contribution in [0.25, 0.3) is 0 Å². The van der Waals surface area contributed by atoms with Crippen LogP contribution in [0.3, 0.4) is 0 Å². The lowest BCUT2D eigenvalue weighted by molar-refractivity contribution is -0.00294. The normalized spacial score (nSPS) is 39.8. The standard InChI is InChI=1S/C9H18O2/c1-7-3-9(2,4-7)5-8(11)6-10/h7-8,10-11H,3-6H2,1-2H3. The first kappa shape index (κ1) is 9.01. The van der Waals surface area contributed by atoms with Gasteiger partial charge in [-0.2, -0.15) is 0 Å². The summed E-state index contributed by atoms with van der Waals surface area (Å²) in [6.45, 7) is 4.32. The van der Waals surface area contributed by atoms with Crippen LogP contribution in [0.1, 0.15) is 33.1 Å². The minimum absolute atomic E-state index is 0.0933. The van der Waals surface area contributed by atoms with Gasteiger partial charge in [0, 0.05) is 0 Å². The highest BCUT2D eigenvalue weighted by Crippen LogP contribution is 2.48. The van der Waals surface area contributed by atoms with Crippen molar-refractivity contribution < 1.29 is 10.2 Å². The van der Waals surface area contributed by atoms with E-state index in [-0.39, 0.29) is 6.61 Å². The molecule has 0 radical (unpaired) electrons. The molecule has 1 atom stereocenters. The Labute approximate surface area is 68.2 Å². The topological polar surface area (TPSA) is 40.5 Å². The average Bonchev–Trinajstić information content (AvgIpc) is 1.84. The zero-order valence-corrected chi connectivity index (χ0v) is 7.38. The molecule has 0 aromatic heterocycles. The van der Waals surface area contributed by atoms with Crippen LogP contribution in [0.2, 0.25) is 0 Å². The van der Waals surface area contributed by atoms with Crippen LogP contribution in [0.4, 0.5) is 0 Å². The first-order valence-electron chi connectivity index (χ1n) is 4.35. The molecule has 1 unspecified atom stereocenters. The highest BCUT2D eigenvalue weighted by atomic mass is 16.3. The molecule has 1 aliphatic rings. The number of hydrogen-bond donors (Lipinski definition) is 2. The van der Waals surface area contributed by atoms with Crippen LogP contribution in [-0.4, -0.2) is 22.9 Å². The SMILES string of the molecule is CC1CC(C)(CC(O)CO)C1. The molecule has 66 valence electrons. The minimum atomic E-state index is -0.507. The van der Waals surface area contributed by atoms with Crippen LogP contribution < -0.4 is 0 Å². The van der Waals surface area contributed by atoms with E-state index in [2.05, 4.69) is 13.8 Å². The Balaban J connectivity index is 2.26. The molecule has 2 N–H and O–H groups in total. The Morgan fingerprint density at radius 2 is 2.09 bits per heavy atom. The van der Waals surface area contributed by atoms with Crippen molar-refractivity contribution in [1.82, 2.24) is 0 Å². The van der Waals surface area contributed by atoms with E-state index in [1.54, 1.807) is 0 Å². The lowest BCUT2D eigenvalue weighted by Gasteiger charge is -2.44. The Morgan fingerprint density at radius 1 is 1.55 bits per heavy atom. The molecule has 0 aliphatic heterocycles. The molecule has 11 heavy (non-hydrogen) atoms. The molecule has 1 rings (SSSR count). The van der Waals surface area contributed by atoms with Gasteiger partial charge in [-0.15, -0.1) is 0 Å². The van der Waals surface area contributed by atoms with Crippen LogP contribution in [-0.2, 0) is 0 Å². The van der Waals surface area contributed by atoms with Crippen LogP contribution >= 0.6 is 0 Å². The van der Waals surface area contributed by atoms with Crippen molar-refractivity contribution in [1.29, 1.82) is 0 Å². The van der Waals surface area contributed by atoms with Gasteiger partial charge in [-0.1, -0.05) is 13.8 Å². The van der Waals surface area contributed by atoms with Gasteiger partial charge in [0.2, 0.25) is 0 Å². The third-order valence-electron chi connectivity index (χ3n) is 2.62. The Hall–Kier alpha value is -0.0800. The predicted octanol–water partition coefficient (Wildman–Crippen LogP) is 1.17. The molecule has 0 aromatic rings. The van der Waals surface area contributed by atoms with E-state index >= 15 is 0 Å². The van der Waals surface area contributed by atoms with Crippen LogP contribution in [0.5, 0.6) is 0 Å². The quantitative estimate of drug-likeness (QED) is 0.647. The second-order valence-corrected chi connectivity index (χ2v) is 4.36. The van der Waals surface area contributed by atoms with E-state index in [1.165, 1.54) is 12.8 Å². The molecular weight excluding hydrogens is 140 g/mol. The number of aliphatic hydroxyl groups excluding tert-OH is 2. The van der Waals surface area contributed by atoms with Gasteiger partial charge in [0.25, 0.3) is 0 Å². The van der Waals surface area contributed by atoms with Crippen molar-refractivity contribution in [3.05, 3.63) is 0 Å². The van der Waals surface area contributed by atoms with Gasteiger partial charge >= 0.3 is 0 Å². The maximum Gasteiger partial charge on any atom is 0.0776 e. The Kier molecular flexibility index (Phi) is 2.55. The fraction of sp³-hybridized carbons (Fsp3) is 1.00. The second kappa shape index (κ2) is 3.11. The van der Waals surface area contributed by atoms with Gasteiger partial charge in [0.05, 0.1) is 12.7 Å². The molecular formula is C9H18O2. The Morgan fingerprint density at radius 3 is 2.45 bits per heavy atom. The lowest BCUT2D eigenvalue weighted by Crippen LogP contribution is -2.36. The average molecular weight is 158 g/mol. The van der Waals surface area contributed by atoms with E-state index in [1.807, 2.05) is 0 Å². The zero-order valence-electron chi connectivity index (χ0n) is 7.38. The van der Waals surface area contributed by atoms with Crippen molar-refractivity contribution in [3.63, 3.8) is 0 Å². The van der Waals surface area contributed by atoms with Crippen molar-refractivity contribution in [3.8, 4) is 0 Å². The van der Waals surface area contributed by atoms with E-state index in [0.29, 0.717) is 5.41 Å². The summed E-state index contributed by atoms with van der Waals surface area (Å²) < 4.78 is 0. The molecule has 0 bridgehead atoms. The second-order valence-electron chi connectivity index (χ2n) is 4.36. The molecule has 0 amide bonds. The molecule has 2 nitrogen and oxygen atoms in total. The number of aliphatic hydroxyl groups is 2. The van der Waals surface area contributed by atoms with Crippen molar-refractivity contribution in [2.75, 3.05) is 6.61 Å². The molecule has 0 spiro atoms. The summed E-state index contributed by atoms with van der Waals surface area (Å²) in [4.78, 5) is 0. The minimum Gasteiger partial charge on any atom is -0.394 e. The van der Waals surface area contributed by atoms with Gasteiger partial charge in [-0.25, -0.2) is 0 Å². The summed E-state index contributed by atoms with van der Waals surface area (Å²) >= 11 is 0. The fourth-order valence-corrected chi connectivity index (χ4v) is 2.42. The first-order valence-corrected chi connectivity index (χ1v) is 4.35. The van der Waals surface area contributed by atoms with Gasteiger partial charge in [0.1, 0.15) is 0 Å². The molecule has 0 saturated heterocycles. The molecule has 2 heteroatoms. The summed E-state index contributed by atoms with van der Waals surface area (Å²) in [6, 6.07) is 0. The van der Waals surface area contributed by atoms with Crippen molar-refractivity contribution >= 4 is 0 Å². The highest BCUT2D eigenvalue weighted by molar-refractivity contribution is 4.89. The summed E-state index contributed by atoms with van der Waals surface area (Å²) in [5, 5.41) is 17.8. The maximum absolute atomic E-state index is 9.19. The summed E-state index contributed by atoms with van der Waals surface area (Å²) in [5.74, 6) is 0.811. The van der Waals surface area contributed by atoms with Gasteiger partial charge < -0.3 is 10.2 Å². The lowest BCUT2D eigenvalue weighted by atomic mass is 9.61. The predicted molar refractivity (Wildman–Crippen MR) is 44.2 cm³/mol. The van der Waals surface area contributed by atoms with Crippen LogP contribution in [0, 0.1) is 11.3 Å². The van der Waals surface area contributed by atoms with E-state index in [9.17, 15) is 5.11 Å². The molecule has 0 heterocycles. The van der Waals surface area contributed by atoms with Gasteiger partial charge in [-0.05, 0) is 30.6 Å². The molecule has 1 saturated carbocycles. The fourth-order valence-electron chi connectivity index (χ4n) is 2.42. The van der Waals surface area contributed by atoms with Crippen LogP contribution in [0.15, 0.2) is 0 Å². The first-order chi connectivity index (χ1) is 5.06. The van der Waals surface area contributed by atoms with Crippen molar-refractivity contribution in [2.24, 2.45) is 11.3 Å². The smallest absolute Gasteiger partial charge is 0.0776 e. The van der Waals surface area contributed by atoms with E-state index in [4.69, 9.17) is 5.11 Å². The summed E-state index contributed by atoms with van der Waals surface area (Å²) in [6.07, 6.45) is 2.65. The number of rotatable bonds is 3. The third-order valence-corrected chi connectivity index (χ3v) is 2.62. The monoisotopic (exact) mass is 158 g/mol. The Bertz CT molecular complexity index is 128. The van der Waals surface area contributed by atoms with E-state index in [0.717, 1.165) is 12.3 Å². The third kappa shape index (κ3) is 2.17. The largest absolute Gasteiger partial charge is 0.394 e. The molecule has 1 fully saturated rings. The van der Waals surface area contributed by atoms with Crippen molar-refractivity contribution in [2.45, 2.75) is 39.2 Å². The highest BCUT2D eigenvalue weighted by Gasteiger charge is 2.38.